The highest BCUT2D eigenvalue weighted by Gasteiger charge is 2.17. The van der Waals surface area contributed by atoms with Crippen LogP contribution in [0.4, 0.5) is 0 Å². The first-order valence-corrected chi connectivity index (χ1v) is 10.5. The summed E-state index contributed by atoms with van der Waals surface area (Å²) in [6.45, 7) is 8.78. The van der Waals surface area contributed by atoms with E-state index in [1.165, 1.54) is 116 Å². The summed E-state index contributed by atoms with van der Waals surface area (Å²) in [4.78, 5) is 2.67. The van der Waals surface area contributed by atoms with Crippen LogP contribution in [0.2, 0.25) is 0 Å². The second-order valence-corrected chi connectivity index (χ2v) is 7.79. The van der Waals surface area contributed by atoms with Gasteiger partial charge >= 0.3 is 0 Å². The van der Waals surface area contributed by atoms with E-state index in [0.29, 0.717) is 0 Å². The fourth-order valence-corrected chi connectivity index (χ4v) is 3.76. The van der Waals surface area contributed by atoms with Gasteiger partial charge in [-0.3, -0.25) is 0 Å². The second-order valence-electron chi connectivity index (χ2n) is 7.79. The second kappa shape index (κ2) is 17.3. The predicted octanol–water partition coefficient (Wildman–Crippen LogP) is 7.39. The molecule has 1 aliphatic rings. The highest BCUT2D eigenvalue weighted by Crippen LogP contribution is 2.16. The Hall–Kier alpha value is 0.440. The molecular formula is C21H44BrN. The van der Waals surface area contributed by atoms with Gasteiger partial charge in [0.05, 0.1) is 0 Å². The molecule has 0 bridgehead atoms. The minimum Gasteiger partial charge on any atom is -0.303 e. The Bertz CT molecular complexity index is 232. The largest absolute Gasteiger partial charge is 0.303 e. The van der Waals surface area contributed by atoms with Gasteiger partial charge < -0.3 is 4.90 Å². The lowest BCUT2D eigenvalue weighted by molar-refractivity contribution is 0.317. The molecule has 0 aromatic carbocycles. The molecule has 1 heterocycles. The van der Waals surface area contributed by atoms with Crippen molar-refractivity contribution in [2.45, 2.75) is 110 Å². The van der Waals surface area contributed by atoms with Gasteiger partial charge in [0.15, 0.2) is 0 Å². The average molecular weight is 390 g/mol. The summed E-state index contributed by atoms with van der Waals surface area (Å²) in [5, 5.41) is 0. The SMILES string of the molecule is Br.CCCCCCCCCCCCCCCCN1CCC(C)C1. The lowest BCUT2D eigenvalue weighted by Gasteiger charge is -2.14. The predicted molar refractivity (Wildman–Crippen MR) is 111 cm³/mol. The molecule has 1 fully saturated rings. The monoisotopic (exact) mass is 389 g/mol. The summed E-state index contributed by atoms with van der Waals surface area (Å²) in [6, 6.07) is 0. The van der Waals surface area contributed by atoms with Crippen LogP contribution in [0.1, 0.15) is 110 Å². The first kappa shape index (κ1) is 23.4. The van der Waals surface area contributed by atoms with Crippen LogP contribution in [0.3, 0.4) is 0 Å². The minimum atomic E-state index is 0. The Labute approximate surface area is 157 Å². The number of hydrogen-bond donors (Lipinski definition) is 0. The standard InChI is InChI=1S/C21H43N.BrH/c1-3-4-5-6-7-8-9-10-11-12-13-14-15-16-18-22-19-17-21(2)20-22;/h21H,3-20H2,1-2H3;1H. The van der Waals surface area contributed by atoms with Crippen molar-refractivity contribution in [2.75, 3.05) is 19.6 Å². The molecule has 0 saturated carbocycles. The van der Waals surface area contributed by atoms with Gasteiger partial charge in [-0.15, -0.1) is 17.0 Å². The van der Waals surface area contributed by atoms with Crippen molar-refractivity contribution < 1.29 is 0 Å². The molecule has 2 heteroatoms. The lowest BCUT2D eigenvalue weighted by atomic mass is 10.0. The Morgan fingerprint density at radius 3 is 1.52 bits per heavy atom. The Balaban J connectivity index is 0.00000484. The van der Waals surface area contributed by atoms with E-state index in [4.69, 9.17) is 0 Å². The maximum atomic E-state index is 2.67. The molecule has 23 heavy (non-hydrogen) atoms. The Kier molecular flexibility index (Phi) is 17.6. The Morgan fingerprint density at radius 2 is 1.13 bits per heavy atom. The first-order valence-electron chi connectivity index (χ1n) is 10.5. The number of likely N-dealkylation sites (tertiary alicyclic amines) is 1. The quantitative estimate of drug-likeness (QED) is 0.264. The smallest absolute Gasteiger partial charge is 0.000750 e. The van der Waals surface area contributed by atoms with Crippen molar-refractivity contribution in [1.82, 2.24) is 4.90 Å². The van der Waals surface area contributed by atoms with E-state index in [9.17, 15) is 0 Å². The minimum absolute atomic E-state index is 0. The van der Waals surface area contributed by atoms with Gasteiger partial charge in [0, 0.05) is 6.54 Å². The van der Waals surface area contributed by atoms with Crippen molar-refractivity contribution in [3.05, 3.63) is 0 Å². The third kappa shape index (κ3) is 14.5. The molecule has 1 unspecified atom stereocenters. The zero-order chi connectivity index (χ0) is 15.9. The topological polar surface area (TPSA) is 3.24 Å². The van der Waals surface area contributed by atoms with E-state index in [-0.39, 0.29) is 17.0 Å². The summed E-state index contributed by atoms with van der Waals surface area (Å²) in [5.41, 5.74) is 0. The molecule has 0 aromatic heterocycles. The van der Waals surface area contributed by atoms with Crippen molar-refractivity contribution in [3.8, 4) is 0 Å². The van der Waals surface area contributed by atoms with Crippen molar-refractivity contribution in [3.63, 3.8) is 0 Å². The van der Waals surface area contributed by atoms with Crippen molar-refractivity contribution >= 4 is 17.0 Å². The van der Waals surface area contributed by atoms with Gasteiger partial charge in [0.2, 0.25) is 0 Å². The molecule has 1 nitrogen and oxygen atoms in total. The van der Waals surface area contributed by atoms with Crippen LogP contribution in [-0.4, -0.2) is 24.5 Å². The summed E-state index contributed by atoms with van der Waals surface area (Å²) >= 11 is 0. The number of unbranched alkanes of at least 4 members (excludes halogenated alkanes) is 13. The van der Waals surface area contributed by atoms with Gasteiger partial charge in [-0.2, -0.15) is 0 Å². The fourth-order valence-electron chi connectivity index (χ4n) is 3.76. The third-order valence-electron chi connectivity index (χ3n) is 5.34. The molecule has 0 spiro atoms. The maximum Gasteiger partial charge on any atom is 0.000750 e. The number of hydrogen-bond acceptors (Lipinski definition) is 1. The summed E-state index contributed by atoms with van der Waals surface area (Å²) in [6.07, 6.45) is 21.9. The average Bonchev–Trinajstić information content (AvgIpc) is 2.93. The molecule has 0 amide bonds. The van der Waals surface area contributed by atoms with Gasteiger partial charge in [-0.05, 0) is 31.8 Å². The van der Waals surface area contributed by atoms with Crippen LogP contribution in [0, 0.1) is 5.92 Å². The summed E-state index contributed by atoms with van der Waals surface area (Å²) in [5.74, 6) is 0.951. The Morgan fingerprint density at radius 1 is 0.696 bits per heavy atom. The molecule has 0 aromatic rings. The third-order valence-corrected chi connectivity index (χ3v) is 5.34. The highest BCUT2D eigenvalue weighted by atomic mass is 79.9. The summed E-state index contributed by atoms with van der Waals surface area (Å²) < 4.78 is 0. The van der Waals surface area contributed by atoms with Gasteiger partial charge in [-0.25, -0.2) is 0 Å². The van der Waals surface area contributed by atoms with Gasteiger partial charge in [-0.1, -0.05) is 97.3 Å². The molecule has 0 N–H and O–H groups in total. The molecule has 0 aliphatic carbocycles. The molecule has 1 atom stereocenters. The maximum absolute atomic E-state index is 2.67. The summed E-state index contributed by atoms with van der Waals surface area (Å²) in [7, 11) is 0. The van der Waals surface area contributed by atoms with Crippen LogP contribution in [0.5, 0.6) is 0 Å². The zero-order valence-corrected chi connectivity index (χ0v) is 17.9. The molecule has 0 radical (unpaired) electrons. The van der Waals surface area contributed by atoms with E-state index in [2.05, 4.69) is 18.7 Å². The zero-order valence-electron chi connectivity index (χ0n) is 16.2. The normalized spacial score (nSPS) is 18.3. The van der Waals surface area contributed by atoms with Crippen molar-refractivity contribution in [2.24, 2.45) is 5.92 Å². The highest BCUT2D eigenvalue weighted by molar-refractivity contribution is 8.93. The van der Waals surface area contributed by atoms with E-state index in [0.717, 1.165) is 5.92 Å². The van der Waals surface area contributed by atoms with E-state index < -0.39 is 0 Å². The molecule has 1 saturated heterocycles. The van der Waals surface area contributed by atoms with E-state index in [1.54, 1.807) is 0 Å². The van der Waals surface area contributed by atoms with Crippen LogP contribution in [0.25, 0.3) is 0 Å². The lowest BCUT2D eigenvalue weighted by Crippen LogP contribution is -2.21. The van der Waals surface area contributed by atoms with Gasteiger partial charge in [0.25, 0.3) is 0 Å². The number of halogens is 1. The molecular weight excluding hydrogens is 346 g/mol. The van der Waals surface area contributed by atoms with Crippen LogP contribution in [0.15, 0.2) is 0 Å². The van der Waals surface area contributed by atoms with Crippen LogP contribution in [-0.2, 0) is 0 Å². The van der Waals surface area contributed by atoms with E-state index in [1.807, 2.05) is 0 Å². The molecule has 1 aliphatic heterocycles. The van der Waals surface area contributed by atoms with E-state index >= 15 is 0 Å². The molecule has 1 rings (SSSR count). The van der Waals surface area contributed by atoms with Gasteiger partial charge in [0.1, 0.15) is 0 Å². The number of nitrogens with zero attached hydrogens (tertiary/aromatic N) is 1. The van der Waals surface area contributed by atoms with Crippen LogP contribution < -0.4 is 0 Å². The van der Waals surface area contributed by atoms with Crippen molar-refractivity contribution in [1.29, 1.82) is 0 Å². The number of rotatable bonds is 15. The first-order chi connectivity index (χ1) is 10.8. The van der Waals surface area contributed by atoms with Crippen LogP contribution >= 0.6 is 17.0 Å². The fraction of sp³-hybridized carbons (Fsp3) is 1.00. The molecule has 140 valence electrons.